The van der Waals surface area contributed by atoms with Gasteiger partial charge in [-0.25, -0.2) is 4.98 Å². The Labute approximate surface area is 117 Å². The Hall–Kier alpha value is -0.580. The second kappa shape index (κ2) is 3.97. The van der Waals surface area contributed by atoms with Crippen molar-refractivity contribution in [3.63, 3.8) is 0 Å². The summed E-state index contributed by atoms with van der Waals surface area (Å²) in [4.78, 5) is 4.35. The van der Waals surface area contributed by atoms with Crippen molar-refractivity contribution in [2.75, 3.05) is 0 Å². The van der Waals surface area contributed by atoms with Gasteiger partial charge in [0.1, 0.15) is 5.75 Å². The van der Waals surface area contributed by atoms with Crippen molar-refractivity contribution in [1.29, 1.82) is 0 Å². The van der Waals surface area contributed by atoms with Gasteiger partial charge in [0.05, 0.1) is 16.2 Å². The number of nitrogens with zero attached hydrogens (tertiary/aromatic N) is 1. The van der Waals surface area contributed by atoms with Crippen LogP contribution in [0, 0.1) is 0 Å². The van der Waals surface area contributed by atoms with Gasteiger partial charge in [0.2, 0.25) is 0 Å². The molecule has 2 nitrogen and oxygen atoms in total. The van der Waals surface area contributed by atoms with E-state index < -0.39 is 0 Å². The van der Waals surface area contributed by atoms with E-state index in [4.69, 9.17) is 16.3 Å². The molecule has 0 N–H and O–H groups in total. The number of aromatic nitrogens is 1. The summed E-state index contributed by atoms with van der Waals surface area (Å²) < 4.78 is 6.96. The van der Waals surface area contributed by atoms with Gasteiger partial charge in [0.25, 0.3) is 0 Å². The van der Waals surface area contributed by atoms with E-state index >= 15 is 0 Å². The first-order chi connectivity index (χ1) is 8.10. The lowest BCUT2D eigenvalue weighted by Crippen LogP contribution is -2.27. The van der Waals surface area contributed by atoms with Crippen LogP contribution >= 0.6 is 38.9 Å². The van der Waals surface area contributed by atoms with Gasteiger partial charge < -0.3 is 4.74 Å². The minimum Gasteiger partial charge on any atom is -0.481 e. The zero-order valence-electron chi connectivity index (χ0n) is 9.04. The molecule has 1 unspecified atom stereocenters. The van der Waals surface area contributed by atoms with E-state index in [0.29, 0.717) is 0 Å². The number of hydrogen-bond donors (Lipinski definition) is 0. The fourth-order valence-electron chi connectivity index (χ4n) is 2.07. The Balaban J connectivity index is 2.06. The van der Waals surface area contributed by atoms with Gasteiger partial charge in [-0.3, -0.25) is 0 Å². The molecular weight excluding hydrogens is 322 g/mol. The number of fused-ring (bicyclic) bond motifs is 1. The maximum Gasteiger partial charge on any atom is 0.153 e. The Morgan fingerprint density at radius 3 is 3.06 bits per heavy atom. The second-order valence-corrected chi connectivity index (χ2v) is 6.14. The van der Waals surface area contributed by atoms with Crippen LogP contribution in [0.2, 0.25) is 5.02 Å². The van der Waals surface area contributed by atoms with Gasteiger partial charge in [-0.1, -0.05) is 11.6 Å². The molecule has 5 heteroatoms. The fraction of sp³-hybridized carbons (Fsp3) is 0.250. The number of hydrogen-bond acceptors (Lipinski definition) is 3. The summed E-state index contributed by atoms with van der Waals surface area (Å²) in [5.74, 6) is 0.886. The molecule has 0 bridgehead atoms. The summed E-state index contributed by atoms with van der Waals surface area (Å²) in [7, 11) is 0. The molecule has 1 aromatic heterocycles. The molecule has 2 heterocycles. The highest BCUT2D eigenvalue weighted by molar-refractivity contribution is 9.10. The molecule has 0 saturated carbocycles. The zero-order chi connectivity index (χ0) is 12.0. The van der Waals surface area contributed by atoms with Crippen molar-refractivity contribution in [2.45, 2.75) is 18.9 Å². The van der Waals surface area contributed by atoms with Crippen LogP contribution in [0.4, 0.5) is 0 Å². The highest BCUT2D eigenvalue weighted by Gasteiger charge is 2.39. The fourth-order valence-corrected chi connectivity index (χ4v) is 3.39. The van der Waals surface area contributed by atoms with E-state index in [9.17, 15) is 0 Å². The topological polar surface area (TPSA) is 22.1 Å². The third-order valence-corrected chi connectivity index (χ3v) is 5.01. The molecule has 1 aromatic carbocycles. The van der Waals surface area contributed by atoms with Crippen LogP contribution in [0.3, 0.4) is 0 Å². The largest absolute Gasteiger partial charge is 0.481 e. The van der Waals surface area contributed by atoms with Gasteiger partial charge in [-0.2, -0.15) is 0 Å². The predicted octanol–water partition coefficient (Wildman–Crippen LogP) is 4.41. The molecule has 2 aromatic rings. The number of ether oxygens (including phenoxy) is 1. The number of thiazole rings is 1. The van der Waals surface area contributed by atoms with Gasteiger partial charge in [0.15, 0.2) is 5.60 Å². The Morgan fingerprint density at radius 2 is 2.35 bits per heavy atom. The van der Waals surface area contributed by atoms with Crippen LogP contribution in [0.25, 0.3) is 0 Å². The number of benzene rings is 1. The van der Waals surface area contributed by atoms with Crippen LogP contribution in [0.1, 0.15) is 18.2 Å². The van der Waals surface area contributed by atoms with E-state index in [1.165, 1.54) is 0 Å². The first kappa shape index (κ1) is 11.5. The summed E-state index contributed by atoms with van der Waals surface area (Å²) >= 11 is 11.2. The minimum absolute atomic E-state index is 0.379. The van der Waals surface area contributed by atoms with E-state index in [-0.39, 0.29) is 5.60 Å². The van der Waals surface area contributed by atoms with Crippen molar-refractivity contribution >= 4 is 38.9 Å². The summed E-state index contributed by atoms with van der Waals surface area (Å²) in [6, 6.07) is 3.76. The van der Waals surface area contributed by atoms with E-state index in [1.54, 1.807) is 11.3 Å². The molecule has 0 spiro atoms. The van der Waals surface area contributed by atoms with Gasteiger partial charge >= 0.3 is 0 Å². The van der Waals surface area contributed by atoms with Crippen molar-refractivity contribution in [2.24, 2.45) is 0 Å². The smallest absolute Gasteiger partial charge is 0.153 e. The SMILES string of the molecule is CC1(c2cscn2)Cc2c(ccc(Cl)c2Br)O1. The molecule has 0 saturated heterocycles. The van der Waals surface area contributed by atoms with Crippen LogP contribution in [-0.4, -0.2) is 4.98 Å². The third-order valence-electron chi connectivity index (χ3n) is 2.98. The normalized spacial score (nSPS) is 22.3. The van der Waals surface area contributed by atoms with Crippen molar-refractivity contribution < 1.29 is 4.74 Å². The highest BCUT2D eigenvalue weighted by Crippen LogP contribution is 2.45. The Bertz CT molecular complexity index is 572. The highest BCUT2D eigenvalue weighted by atomic mass is 79.9. The monoisotopic (exact) mass is 329 g/mol. The van der Waals surface area contributed by atoms with Gasteiger partial charge in [-0.05, 0) is 35.0 Å². The quantitative estimate of drug-likeness (QED) is 0.772. The lowest BCUT2D eigenvalue weighted by molar-refractivity contribution is 0.111. The molecule has 1 aliphatic rings. The molecule has 88 valence electrons. The van der Waals surface area contributed by atoms with Crippen LogP contribution in [0.15, 0.2) is 27.5 Å². The lowest BCUT2D eigenvalue weighted by Gasteiger charge is -2.21. The molecular formula is C12H9BrClNOS. The molecule has 1 atom stereocenters. The minimum atomic E-state index is -0.379. The van der Waals surface area contributed by atoms with Crippen LogP contribution < -0.4 is 4.74 Å². The lowest BCUT2D eigenvalue weighted by atomic mass is 9.97. The molecule has 0 fully saturated rings. The molecule has 17 heavy (non-hydrogen) atoms. The maximum atomic E-state index is 6.09. The number of halogens is 2. The average Bonchev–Trinajstić information content (AvgIpc) is 2.91. The predicted molar refractivity (Wildman–Crippen MR) is 73.0 cm³/mol. The molecule has 0 aliphatic carbocycles. The molecule has 1 aliphatic heterocycles. The standard InChI is InChI=1S/C12H9BrClNOS/c1-12(10-5-17-6-15-10)4-7-9(16-12)3-2-8(14)11(7)13/h2-3,5-6H,4H2,1H3. The summed E-state index contributed by atoms with van der Waals surface area (Å²) in [6.07, 6.45) is 0.785. The van der Waals surface area contributed by atoms with Crippen molar-refractivity contribution in [1.82, 2.24) is 4.98 Å². The van der Waals surface area contributed by atoms with Crippen molar-refractivity contribution in [3.8, 4) is 5.75 Å². The molecule has 0 radical (unpaired) electrons. The van der Waals surface area contributed by atoms with E-state index in [0.717, 1.165) is 32.9 Å². The first-order valence-corrected chi connectivity index (χ1v) is 7.26. The third kappa shape index (κ3) is 1.79. The summed E-state index contributed by atoms with van der Waals surface area (Å²) in [6.45, 7) is 2.06. The van der Waals surface area contributed by atoms with E-state index in [2.05, 4.69) is 27.8 Å². The summed E-state index contributed by atoms with van der Waals surface area (Å²) in [5.41, 5.74) is 3.54. The summed E-state index contributed by atoms with van der Waals surface area (Å²) in [5, 5.41) is 2.75. The van der Waals surface area contributed by atoms with Gasteiger partial charge in [-0.15, -0.1) is 11.3 Å². The maximum absolute atomic E-state index is 6.09. The molecule has 3 rings (SSSR count). The van der Waals surface area contributed by atoms with Crippen LogP contribution in [-0.2, 0) is 12.0 Å². The number of rotatable bonds is 1. The van der Waals surface area contributed by atoms with Crippen molar-refractivity contribution in [3.05, 3.63) is 43.8 Å². The average molecular weight is 331 g/mol. The van der Waals surface area contributed by atoms with Crippen LogP contribution in [0.5, 0.6) is 5.75 Å². The Morgan fingerprint density at radius 1 is 1.53 bits per heavy atom. The van der Waals surface area contributed by atoms with E-state index in [1.807, 2.05) is 23.0 Å². The molecule has 0 amide bonds. The Kier molecular flexibility index (Phi) is 2.69. The first-order valence-electron chi connectivity index (χ1n) is 5.15. The zero-order valence-corrected chi connectivity index (χ0v) is 12.2. The van der Waals surface area contributed by atoms with Gasteiger partial charge in [0, 0.05) is 21.8 Å². The second-order valence-electron chi connectivity index (χ2n) is 4.22.